The maximum atomic E-state index is 12.5. The number of anilines is 1. The maximum absolute atomic E-state index is 12.5. The Hall–Kier alpha value is -2.17. The van der Waals surface area contributed by atoms with Crippen molar-refractivity contribution >= 4 is 11.5 Å². The number of carbonyl (C=O) groups excluding carboxylic acids is 1. The molecule has 1 saturated heterocycles. The minimum atomic E-state index is -0.524. The number of hydrogen-bond donors (Lipinski definition) is 2. The van der Waals surface area contributed by atoms with E-state index in [9.17, 15) is 9.90 Å². The highest BCUT2D eigenvalue weighted by Crippen LogP contribution is 2.30. The van der Waals surface area contributed by atoms with Gasteiger partial charge in [0.25, 0.3) is 0 Å². The predicted molar refractivity (Wildman–Crippen MR) is 129 cm³/mol. The Kier molecular flexibility index (Phi) is 8.28. The molecule has 0 saturated carbocycles. The number of ketones is 1. The molecule has 31 heavy (non-hydrogen) atoms. The summed E-state index contributed by atoms with van der Waals surface area (Å²) in [6.45, 7) is 11.3. The molecule has 0 aliphatic carbocycles. The number of Topliss-reactive ketones (excluding diaryl/α,β-unsaturated/α-hetero) is 1. The monoisotopic (exact) mass is 422 g/mol. The SMILES string of the molecule is Cc1ccc(C(=O)CCCN2CCC(c3cccc(NC(O)C(C)C)c3)CC2)cc1C. The van der Waals surface area contributed by atoms with E-state index in [1.807, 2.05) is 38.1 Å². The van der Waals surface area contributed by atoms with E-state index in [0.717, 1.165) is 50.1 Å². The number of piperidine rings is 1. The molecule has 3 rings (SSSR count). The van der Waals surface area contributed by atoms with Gasteiger partial charge in [-0.15, -0.1) is 0 Å². The number of aryl methyl sites for hydroxylation is 2. The van der Waals surface area contributed by atoms with Crippen molar-refractivity contribution in [2.24, 2.45) is 5.92 Å². The lowest BCUT2D eigenvalue weighted by Crippen LogP contribution is -2.34. The van der Waals surface area contributed by atoms with E-state index in [1.54, 1.807) is 0 Å². The highest BCUT2D eigenvalue weighted by molar-refractivity contribution is 5.96. The summed E-state index contributed by atoms with van der Waals surface area (Å²) in [6.07, 6.45) is 3.29. The molecule has 0 aromatic heterocycles. The van der Waals surface area contributed by atoms with Crippen LogP contribution in [-0.4, -0.2) is 41.7 Å². The average molecular weight is 423 g/mol. The summed E-state index contributed by atoms with van der Waals surface area (Å²) in [5, 5.41) is 13.3. The summed E-state index contributed by atoms with van der Waals surface area (Å²) >= 11 is 0. The third-order valence-corrected chi connectivity index (χ3v) is 6.60. The number of likely N-dealkylation sites (tertiary alicyclic amines) is 1. The molecule has 4 heteroatoms. The number of aliphatic hydroxyl groups excluding tert-OH is 1. The minimum Gasteiger partial charge on any atom is -0.374 e. The van der Waals surface area contributed by atoms with Gasteiger partial charge in [-0.05, 0) is 99.5 Å². The zero-order valence-corrected chi connectivity index (χ0v) is 19.5. The molecule has 2 N–H and O–H groups in total. The average Bonchev–Trinajstić information content (AvgIpc) is 2.76. The van der Waals surface area contributed by atoms with Gasteiger partial charge in [0.15, 0.2) is 5.78 Å². The summed E-state index contributed by atoms with van der Waals surface area (Å²) in [6, 6.07) is 14.5. The molecule has 1 aliphatic rings. The van der Waals surface area contributed by atoms with Gasteiger partial charge in [0.1, 0.15) is 6.23 Å². The maximum Gasteiger partial charge on any atom is 0.162 e. The van der Waals surface area contributed by atoms with Crippen LogP contribution in [0.15, 0.2) is 42.5 Å². The van der Waals surface area contributed by atoms with Crippen LogP contribution in [0, 0.1) is 19.8 Å². The molecule has 0 spiro atoms. The van der Waals surface area contributed by atoms with Gasteiger partial charge < -0.3 is 15.3 Å². The molecule has 1 heterocycles. The highest BCUT2D eigenvalue weighted by atomic mass is 16.3. The van der Waals surface area contributed by atoms with Crippen molar-refractivity contribution in [1.82, 2.24) is 4.90 Å². The first-order valence-corrected chi connectivity index (χ1v) is 11.7. The van der Waals surface area contributed by atoms with Crippen LogP contribution in [0.4, 0.5) is 5.69 Å². The second-order valence-electron chi connectivity index (χ2n) is 9.40. The van der Waals surface area contributed by atoms with Crippen LogP contribution in [0.5, 0.6) is 0 Å². The number of carbonyl (C=O) groups is 1. The van der Waals surface area contributed by atoms with Crippen molar-refractivity contribution in [1.29, 1.82) is 0 Å². The number of benzene rings is 2. The Balaban J connectivity index is 1.43. The summed E-state index contributed by atoms with van der Waals surface area (Å²) in [7, 11) is 0. The Labute approximate surface area is 187 Å². The molecule has 0 radical (unpaired) electrons. The van der Waals surface area contributed by atoms with Gasteiger partial charge in [-0.1, -0.05) is 38.1 Å². The lowest BCUT2D eigenvalue weighted by atomic mass is 9.89. The zero-order chi connectivity index (χ0) is 22.4. The molecule has 1 fully saturated rings. The van der Waals surface area contributed by atoms with Crippen molar-refractivity contribution < 1.29 is 9.90 Å². The standard InChI is InChI=1S/C27H38N2O2/c1-19(2)27(31)28-25-8-5-7-23(18-25)22-12-15-29(16-13-22)14-6-9-26(30)24-11-10-20(3)21(4)17-24/h5,7-8,10-11,17-19,22,27-28,31H,6,9,12-16H2,1-4H3. The van der Waals surface area contributed by atoms with Crippen LogP contribution in [0.2, 0.25) is 0 Å². The lowest BCUT2D eigenvalue weighted by Gasteiger charge is -2.32. The van der Waals surface area contributed by atoms with E-state index in [-0.39, 0.29) is 11.7 Å². The number of nitrogens with zero attached hydrogens (tertiary/aromatic N) is 1. The van der Waals surface area contributed by atoms with E-state index in [4.69, 9.17) is 0 Å². The van der Waals surface area contributed by atoms with Crippen LogP contribution in [0.3, 0.4) is 0 Å². The molecular weight excluding hydrogens is 384 g/mol. The lowest BCUT2D eigenvalue weighted by molar-refractivity contribution is 0.0972. The summed E-state index contributed by atoms with van der Waals surface area (Å²) < 4.78 is 0. The minimum absolute atomic E-state index is 0.175. The molecule has 0 bridgehead atoms. The fraction of sp³-hybridized carbons (Fsp3) is 0.519. The van der Waals surface area contributed by atoms with Crippen molar-refractivity contribution in [3.05, 3.63) is 64.7 Å². The van der Waals surface area contributed by atoms with Crippen LogP contribution >= 0.6 is 0 Å². The summed E-state index contributed by atoms with van der Waals surface area (Å²) in [4.78, 5) is 15.0. The molecule has 4 nitrogen and oxygen atoms in total. The van der Waals surface area contributed by atoms with Gasteiger partial charge >= 0.3 is 0 Å². The first-order valence-electron chi connectivity index (χ1n) is 11.7. The largest absolute Gasteiger partial charge is 0.374 e. The van der Waals surface area contributed by atoms with Crippen molar-refractivity contribution in [3.63, 3.8) is 0 Å². The topological polar surface area (TPSA) is 52.6 Å². The molecular formula is C27H38N2O2. The number of nitrogens with one attached hydrogen (secondary N) is 1. The third-order valence-electron chi connectivity index (χ3n) is 6.60. The molecule has 2 aromatic rings. The van der Waals surface area contributed by atoms with Crippen molar-refractivity contribution in [2.75, 3.05) is 25.0 Å². The van der Waals surface area contributed by atoms with Crippen molar-refractivity contribution in [3.8, 4) is 0 Å². The molecule has 1 atom stereocenters. The first-order chi connectivity index (χ1) is 14.8. The Bertz CT molecular complexity index is 869. The fourth-order valence-corrected chi connectivity index (χ4v) is 4.23. The van der Waals surface area contributed by atoms with Gasteiger partial charge in [-0.2, -0.15) is 0 Å². The van der Waals surface area contributed by atoms with Gasteiger partial charge in [-0.3, -0.25) is 4.79 Å². The second-order valence-corrected chi connectivity index (χ2v) is 9.40. The summed E-state index contributed by atoms with van der Waals surface area (Å²) in [5.74, 6) is 0.992. The highest BCUT2D eigenvalue weighted by Gasteiger charge is 2.21. The Morgan fingerprint density at radius 2 is 1.84 bits per heavy atom. The van der Waals surface area contributed by atoms with Crippen molar-refractivity contribution in [2.45, 2.75) is 65.5 Å². The van der Waals surface area contributed by atoms with Gasteiger partial charge in [0.05, 0.1) is 0 Å². The fourth-order valence-electron chi connectivity index (χ4n) is 4.23. The molecule has 1 aliphatic heterocycles. The van der Waals surface area contributed by atoms with Crippen LogP contribution in [-0.2, 0) is 0 Å². The van der Waals surface area contributed by atoms with E-state index in [1.165, 1.54) is 16.7 Å². The van der Waals surface area contributed by atoms with Crippen LogP contribution < -0.4 is 5.32 Å². The number of rotatable bonds is 9. The van der Waals surface area contributed by atoms with Gasteiger partial charge in [0.2, 0.25) is 0 Å². The number of aliphatic hydroxyl groups is 1. The molecule has 1 unspecified atom stereocenters. The Morgan fingerprint density at radius 3 is 2.52 bits per heavy atom. The Morgan fingerprint density at radius 1 is 1.10 bits per heavy atom. The van der Waals surface area contributed by atoms with E-state index in [2.05, 4.69) is 42.3 Å². The van der Waals surface area contributed by atoms with Gasteiger partial charge in [-0.25, -0.2) is 0 Å². The van der Waals surface area contributed by atoms with Crippen LogP contribution in [0.1, 0.15) is 72.5 Å². The smallest absolute Gasteiger partial charge is 0.162 e. The quantitative estimate of drug-likeness (QED) is 0.412. The normalized spacial score (nSPS) is 16.5. The second kappa shape index (κ2) is 10.9. The molecule has 168 valence electrons. The first kappa shape index (κ1) is 23.5. The number of hydrogen-bond acceptors (Lipinski definition) is 4. The third kappa shape index (κ3) is 6.65. The molecule has 0 amide bonds. The molecule has 2 aromatic carbocycles. The van der Waals surface area contributed by atoms with Gasteiger partial charge in [0, 0.05) is 17.7 Å². The van der Waals surface area contributed by atoms with E-state index in [0.29, 0.717) is 12.3 Å². The zero-order valence-electron chi connectivity index (χ0n) is 19.5. The van der Waals surface area contributed by atoms with E-state index >= 15 is 0 Å². The predicted octanol–water partition coefficient (Wildman–Crippen LogP) is 5.53. The van der Waals surface area contributed by atoms with E-state index < -0.39 is 6.23 Å². The summed E-state index contributed by atoms with van der Waals surface area (Å²) in [5.41, 5.74) is 5.61. The van der Waals surface area contributed by atoms with Crippen LogP contribution in [0.25, 0.3) is 0 Å².